The highest BCUT2D eigenvalue weighted by Gasteiger charge is 2.37. The number of aromatic nitrogens is 1. The van der Waals surface area contributed by atoms with Crippen LogP contribution in [0.15, 0.2) is 54.7 Å². The number of likely N-dealkylation sites (tertiary alicyclic amines) is 1. The molecule has 2 fully saturated rings. The summed E-state index contributed by atoms with van der Waals surface area (Å²) in [6.07, 6.45) is 7.19. The van der Waals surface area contributed by atoms with Crippen molar-refractivity contribution in [1.29, 1.82) is 0 Å². The fraction of sp³-hybridized carbons (Fsp3) is 0.457. The van der Waals surface area contributed by atoms with Gasteiger partial charge in [0.15, 0.2) is 11.5 Å². The molecule has 1 atom stereocenters. The van der Waals surface area contributed by atoms with E-state index < -0.39 is 6.04 Å². The number of benzene rings is 2. The maximum Gasteiger partial charge on any atom is 0.233 e. The molecule has 3 aliphatic rings. The second-order valence-electron chi connectivity index (χ2n) is 12.5. The number of β-lactam (4-membered cyclic amide) rings is 1. The molecule has 0 bridgehead atoms. The third kappa shape index (κ3) is 6.09. The highest BCUT2D eigenvalue weighted by Crippen LogP contribution is 2.43. The van der Waals surface area contributed by atoms with Crippen LogP contribution in [-0.2, 0) is 16.0 Å². The molecule has 2 aliphatic heterocycles. The van der Waals surface area contributed by atoms with Gasteiger partial charge >= 0.3 is 0 Å². The molecule has 44 heavy (non-hydrogen) atoms. The molecule has 232 valence electrons. The van der Waals surface area contributed by atoms with Gasteiger partial charge in [-0.2, -0.15) is 0 Å². The number of nitrogens with zero attached hydrogens (tertiary/aromatic N) is 4. The number of anilines is 2. The van der Waals surface area contributed by atoms with Gasteiger partial charge in [-0.05, 0) is 98.5 Å². The Hall–Kier alpha value is -3.78. The van der Waals surface area contributed by atoms with E-state index in [1.807, 2.05) is 62.5 Å². The Labute approximate surface area is 264 Å². The summed E-state index contributed by atoms with van der Waals surface area (Å²) in [6, 6.07) is 15.6. The molecular weight excluding hydrogens is 576 g/mol. The number of ether oxygens (including phenoxy) is 2. The first kappa shape index (κ1) is 30.3. The fourth-order valence-electron chi connectivity index (χ4n) is 6.89. The topological polar surface area (TPSA) is 75.2 Å². The fourth-order valence-corrected chi connectivity index (χ4v) is 7.02. The maximum atomic E-state index is 13.8. The van der Waals surface area contributed by atoms with Gasteiger partial charge in [0.1, 0.15) is 5.82 Å². The Morgan fingerprint density at radius 2 is 1.75 bits per heavy atom. The lowest BCUT2D eigenvalue weighted by Gasteiger charge is -2.42. The van der Waals surface area contributed by atoms with Gasteiger partial charge in [0.05, 0.1) is 37.6 Å². The van der Waals surface area contributed by atoms with Crippen molar-refractivity contribution < 1.29 is 19.1 Å². The van der Waals surface area contributed by atoms with E-state index in [4.69, 9.17) is 26.1 Å². The third-order valence-corrected chi connectivity index (χ3v) is 9.48. The predicted molar refractivity (Wildman–Crippen MR) is 173 cm³/mol. The van der Waals surface area contributed by atoms with Gasteiger partial charge in [0, 0.05) is 37.6 Å². The van der Waals surface area contributed by atoms with Crippen LogP contribution < -0.4 is 19.3 Å². The summed E-state index contributed by atoms with van der Waals surface area (Å²) in [5.41, 5.74) is 3.83. The molecule has 2 aromatic carbocycles. The quantitative estimate of drug-likeness (QED) is 0.258. The lowest BCUT2D eigenvalue weighted by atomic mass is 9.84. The summed E-state index contributed by atoms with van der Waals surface area (Å²) in [7, 11) is 3.72. The van der Waals surface area contributed by atoms with Crippen LogP contribution in [0.4, 0.5) is 11.5 Å². The smallest absolute Gasteiger partial charge is 0.233 e. The van der Waals surface area contributed by atoms with Crippen LogP contribution in [0.1, 0.15) is 68.7 Å². The van der Waals surface area contributed by atoms with Crippen LogP contribution >= 0.6 is 11.6 Å². The number of halogens is 1. The van der Waals surface area contributed by atoms with Gasteiger partial charge in [-0.3, -0.25) is 14.5 Å². The van der Waals surface area contributed by atoms with Crippen LogP contribution in [0.5, 0.6) is 11.5 Å². The maximum absolute atomic E-state index is 13.8. The molecule has 2 amide bonds. The molecule has 3 heterocycles. The van der Waals surface area contributed by atoms with Gasteiger partial charge in [-0.25, -0.2) is 4.98 Å². The van der Waals surface area contributed by atoms with Crippen LogP contribution in [-0.4, -0.2) is 61.1 Å². The van der Waals surface area contributed by atoms with Gasteiger partial charge in [0.2, 0.25) is 11.8 Å². The third-order valence-electron chi connectivity index (χ3n) is 9.23. The lowest BCUT2D eigenvalue weighted by molar-refractivity contribution is -0.144. The van der Waals surface area contributed by atoms with Gasteiger partial charge < -0.3 is 19.3 Å². The minimum absolute atomic E-state index is 0.0387. The average Bonchev–Trinajstić information content (AvgIpc) is 3.01. The molecule has 1 aromatic heterocycles. The van der Waals surface area contributed by atoms with Crippen molar-refractivity contribution in [2.45, 2.75) is 70.6 Å². The van der Waals surface area contributed by atoms with E-state index in [1.165, 1.54) is 0 Å². The summed E-state index contributed by atoms with van der Waals surface area (Å²) in [4.78, 5) is 36.6. The van der Waals surface area contributed by atoms with Crippen molar-refractivity contribution in [1.82, 2.24) is 9.88 Å². The van der Waals surface area contributed by atoms with Crippen LogP contribution in [0, 0.1) is 5.92 Å². The molecule has 9 heteroatoms. The number of carbonyl (C=O) groups is 2. The molecule has 3 aromatic rings. The number of rotatable bonds is 9. The minimum Gasteiger partial charge on any atom is -0.493 e. The van der Waals surface area contributed by atoms with E-state index in [1.54, 1.807) is 12.0 Å². The normalized spacial score (nSPS) is 21.6. The van der Waals surface area contributed by atoms with E-state index in [0.717, 1.165) is 61.2 Å². The zero-order valence-electron chi connectivity index (χ0n) is 26.0. The van der Waals surface area contributed by atoms with Gasteiger partial charge in [-0.15, -0.1) is 0 Å². The number of amides is 2. The van der Waals surface area contributed by atoms with Crippen LogP contribution in [0.2, 0.25) is 5.02 Å². The zero-order valence-corrected chi connectivity index (χ0v) is 26.7. The summed E-state index contributed by atoms with van der Waals surface area (Å²) < 4.78 is 11.8. The van der Waals surface area contributed by atoms with Crippen molar-refractivity contribution in [2.75, 3.05) is 37.0 Å². The number of hydrogen-bond donors (Lipinski definition) is 0. The van der Waals surface area contributed by atoms with Crippen molar-refractivity contribution in [3.05, 3.63) is 76.4 Å². The highest BCUT2D eigenvalue weighted by atomic mass is 35.5. The number of carbonyl (C=O) groups excluding carboxylic acids is 2. The van der Waals surface area contributed by atoms with Crippen molar-refractivity contribution in [3.63, 3.8) is 0 Å². The number of pyridine rings is 1. The highest BCUT2D eigenvalue weighted by molar-refractivity contribution is 6.30. The molecule has 1 aliphatic carbocycles. The minimum atomic E-state index is -0.409. The Balaban J connectivity index is 1.24. The van der Waals surface area contributed by atoms with E-state index in [9.17, 15) is 9.59 Å². The van der Waals surface area contributed by atoms with Crippen LogP contribution in [0.3, 0.4) is 0 Å². The summed E-state index contributed by atoms with van der Waals surface area (Å²) in [5.74, 6) is 2.71. The van der Waals surface area contributed by atoms with Crippen molar-refractivity contribution in [2.24, 2.45) is 5.92 Å². The molecule has 0 unspecified atom stereocenters. The number of methoxy groups -OCH3 is 1. The first-order valence-corrected chi connectivity index (χ1v) is 16.0. The van der Waals surface area contributed by atoms with E-state index in [0.29, 0.717) is 46.6 Å². The van der Waals surface area contributed by atoms with Crippen LogP contribution in [0.25, 0.3) is 0 Å². The lowest BCUT2D eigenvalue weighted by Crippen LogP contribution is -2.51. The second kappa shape index (κ2) is 12.7. The molecule has 0 N–H and O–H groups in total. The average molecular weight is 617 g/mol. The number of fused-ring (bicyclic) bond motifs is 1. The second-order valence-corrected chi connectivity index (χ2v) is 13.0. The first-order chi connectivity index (χ1) is 21.2. The van der Waals surface area contributed by atoms with Crippen molar-refractivity contribution >= 4 is 34.9 Å². The van der Waals surface area contributed by atoms with E-state index in [2.05, 4.69) is 22.9 Å². The van der Waals surface area contributed by atoms with Crippen molar-refractivity contribution in [3.8, 4) is 11.5 Å². The molecular formula is C35H41ClN4O4. The first-order valence-electron chi connectivity index (χ1n) is 15.6. The Kier molecular flexibility index (Phi) is 8.72. The molecule has 0 spiro atoms. The molecule has 1 saturated carbocycles. The zero-order chi connectivity index (χ0) is 31.0. The standard InChI is InChI=1S/C35H41ClN4O4/c1-22(2)44-31-19-29-25(17-30(31)43-4)18-34(42)40(35(29)24-7-9-26(36)10-8-24)32-14-13-28(20-37-32)38(3)21-23-5-11-27(12-6-23)39-16-15-33(39)41/h7-10,13-14,17,19-20,22-23,27,35H,5-6,11-12,15-16,18,21H2,1-4H3/t23-,27-,35-/m0/s1. The Bertz CT molecular complexity index is 1500. The molecule has 1 saturated heterocycles. The van der Waals surface area contributed by atoms with E-state index in [-0.39, 0.29) is 18.4 Å². The summed E-state index contributed by atoms with van der Waals surface area (Å²) in [5, 5.41) is 0.634. The summed E-state index contributed by atoms with van der Waals surface area (Å²) >= 11 is 6.26. The number of hydrogen-bond acceptors (Lipinski definition) is 6. The van der Waals surface area contributed by atoms with Gasteiger partial charge in [-0.1, -0.05) is 23.7 Å². The Morgan fingerprint density at radius 3 is 2.34 bits per heavy atom. The SMILES string of the molecule is COc1cc2c(cc1OC(C)C)[C@H](c1ccc(Cl)cc1)N(c1ccc(N(C)C[C@H]3CC[C@H](N4CCC4=O)CC3)cn1)C(=O)C2. The summed E-state index contributed by atoms with van der Waals surface area (Å²) in [6.45, 7) is 5.83. The molecule has 8 nitrogen and oxygen atoms in total. The van der Waals surface area contributed by atoms with Gasteiger partial charge in [0.25, 0.3) is 0 Å². The largest absolute Gasteiger partial charge is 0.493 e. The molecule has 6 rings (SSSR count). The Morgan fingerprint density at radius 1 is 1.00 bits per heavy atom. The van der Waals surface area contributed by atoms with E-state index >= 15 is 0 Å². The predicted octanol–water partition coefficient (Wildman–Crippen LogP) is 6.44. The molecule has 0 radical (unpaired) electrons. The monoisotopic (exact) mass is 616 g/mol.